The van der Waals surface area contributed by atoms with Crippen LogP contribution in [0.4, 0.5) is 4.39 Å². The van der Waals surface area contributed by atoms with Crippen molar-refractivity contribution in [1.82, 2.24) is 4.98 Å². The standard InChI is InChI=1S/C14H17FN2OS/c1-8(16)11-4-5-13(12(15)6-11)18-7-14-17-9(2)10(3)19-14/h4-6,8H,7,16H2,1-3H3. The van der Waals surface area contributed by atoms with Crippen molar-refractivity contribution < 1.29 is 9.13 Å². The van der Waals surface area contributed by atoms with Gasteiger partial charge >= 0.3 is 0 Å². The molecule has 102 valence electrons. The molecule has 2 aromatic rings. The summed E-state index contributed by atoms with van der Waals surface area (Å²) in [4.78, 5) is 5.51. The van der Waals surface area contributed by atoms with Crippen LogP contribution in [0.25, 0.3) is 0 Å². The molecular formula is C14H17FN2OS. The maximum atomic E-state index is 13.8. The Balaban J connectivity index is 2.07. The Morgan fingerprint density at radius 1 is 1.42 bits per heavy atom. The molecule has 0 bridgehead atoms. The van der Waals surface area contributed by atoms with Crippen molar-refractivity contribution in [2.45, 2.75) is 33.4 Å². The maximum absolute atomic E-state index is 13.8. The zero-order valence-corrected chi connectivity index (χ0v) is 12.1. The van der Waals surface area contributed by atoms with Gasteiger partial charge in [-0.05, 0) is 38.5 Å². The number of hydrogen-bond donors (Lipinski definition) is 1. The van der Waals surface area contributed by atoms with Crippen LogP contribution < -0.4 is 10.5 Å². The van der Waals surface area contributed by atoms with E-state index in [1.54, 1.807) is 23.5 Å². The van der Waals surface area contributed by atoms with Crippen molar-refractivity contribution in [3.05, 3.63) is 45.2 Å². The smallest absolute Gasteiger partial charge is 0.165 e. The predicted octanol–water partition coefficient (Wildman–Crippen LogP) is 3.50. The van der Waals surface area contributed by atoms with Crippen LogP contribution in [0, 0.1) is 19.7 Å². The van der Waals surface area contributed by atoms with Crippen LogP contribution in [-0.4, -0.2) is 4.98 Å². The van der Waals surface area contributed by atoms with E-state index in [-0.39, 0.29) is 24.2 Å². The number of aromatic nitrogens is 1. The Labute approximate surface area is 116 Å². The summed E-state index contributed by atoms with van der Waals surface area (Å²) in [6.45, 7) is 6.06. The number of ether oxygens (including phenoxy) is 1. The molecule has 1 atom stereocenters. The Morgan fingerprint density at radius 3 is 2.68 bits per heavy atom. The molecule has 0 saturated heterocycles. The number of nitrogens with two attached hydrogens (primary N) is 1. The van der Waals surface area contributed by atoms with Gasteiger partial charge in [-0.15, -0.1) is 11.3 Å². The second kappa shape index (κ2) is 5.67. The lowest BCUT2D eigenvalue weighted by atomic mass is 10.1. The van der Waals surface area contributed by atoms with Gasteiger partial charge in [-0.1, -0.05) is 6.07 Å². The second-order valence-corrected chi connectivity index (χ2v) is 5.80. The number of rotatable bonds is 4. The van der Waals surface area contributed by atoms with Gasteiger partial charge in [-0.25, -0.2) is 9.37 Å². The van der Waals surface area contributed by atoms with Crippen LogP contribution in [0.15, 0.2) is 18.2 Å². The van der Waals surface area contributed by atoms with Crippen LogP contribution in [0.3, 0.4) is 0 Å². The van der Waals surface area contributed by atoms with E-state index in [0.29, 0.717) is 0 Å². The van der Waals surface area contributed by atoms with Crippen LogP contribution in [0.2, 0.25) is 0 Å². The highest BCUT2D eigenvalue weighted by molar-refractivity contribution is 7.11. The monoisotopic (exact) mass is 280 g/mol. The molecule has 0 aliphatic carbocycles. The van der Waals surface area contributed by atoms with Gasteiger partial charge in [-0.2, -0.15) is 0 Å². The van der Waals surface area contributed by atoms with Gasteiger partial charge in [0.2, 0.25) is 0 Å². The van der Waals surface area contributed by atoms with Gasteiger partial charge in [0.15, 0.2) is 11.6 Å². The van der Waals surface area contributed by atoms with Crippen molar-refractivity contribution in [2.75, 3.05) is 0 Å². The Kier molecular flexibility index (Phi) is 4.17. The topological polar surface area (TPSA) is 48.1 Å². The van der Waals surface area contributed by atoms with Gasteiger partial charge in [0, 0.05) is 10.9 Å². The van der Waals surface area contributed by atoms with Crippen molar-refractivity contribution in [3.8, 4) is 5.75 Å². The van der Waals surface area contributed by atoms with Gasteiger partial charge < -0.3 is 10.5 Å². The highest BCUT2D eigenvalue weighted by Gasteiger charge is 2.09. The summed E-state index contributed by atoms with van der Waals surface area (Å²) in [5.74, 6) is -0.158. The fourth-order valence-corrected chi connectivity index (χ4v) is 2.50. The van der Waals surface area contributed by atoms with Gasteiger partial charge in [-0.3, -0.25) is 0 Å². The lowest BCUT2D eigenvalue weighted by Gasteiger charge is -2.09. The number of halogens is 1. The predicted molar refractivity (Wildman–Crippen MR) is 74.9 cm³/mol. The summed E-state index contributed by atoms with van der Waals surface area (Å²) in [6, 6.07) is 4.62. The maximum Gasteiger partial charge on any atom is 0.165 e. The summed E-state index contributed by atoms with van der Waals surface area (Å²) < 4.78 is 19.3. The Bertz CT molecular complexity index is 561. The molecule has 1 heterocycles. The molecule has 0 aliphatic heterocycles. The first-order chi connectivity index (χ1) is 8.97. The molecule has 2 rings (SSSR count). The second-order valence-electron chi connectivity index (χ2n) is 4.52. The van der Waals surface area contributed by atoms with Crippen molar-refractivity contribution in [2.24, 2.45) is 5.73 Å². The number of benzene rings is 1. The molecule has 1 aromatic heterocycles. The molecular weight excluding hydrogens is 263 g/mol. The summed E-state index contributed by atoms with van der Waals surface area (Å²) in [6.07, 6.45) is 0. The van der Waals surface area contributed by atoms with Crippen LogP contribution in [0.5, 0.6) is 5.75 Å². The molecule has 0 spiro atoms. The number of nitrogens with zero attached hydrogens (tertiary/aromatic N) is 1. The van der Waals surface area contributed by atoms with E-state index in [2.05, 4.69) is 4.98 Å². The van der Waals surface area contributed by atoms with Crippen LogP contribution >= 0.6 is 11.3 Å². The Hall–Kier alpha value is -1.46. The molecule has 5 heteroatoms. The summed E-state index contributed by atoms with van der Waals surface area (Å²) >= 11 is 1.57. The fraction of sp³-hybridized carbons (Fsp3) is 0.357. The fourth-order valence-electron chi connectivity index (χ4n) is 1.66. The zero-order valence-electron chi connectivity index (χ0n) is 11.2. The summed E-state index contributed by atoms with van der Waals surface area (Å²) in [5, 5.41) is 0.852. The number of thiazole rings is 1. The van der Waals surface area contributed by atoms with E-state index >= 15 is 0 Å². The largest absolute Gasteiger partial charge is 0.483 e. The van der Waals surface area contributed by atoms with Crippen LogP contribution in [-0.2, 0) is 6.61 Å². The summed E-state index contributed by atoms with van der Waals surface area (Å²) in [5.41, 5.74) is 7.45. The highest BCUT2D eigenvalue weighted by Crippen LogP contribution is 2.23. The van der Waals surface area contributed by atoms with Crippen molar-refractivity contribution in [3.63, 3.8) is 0 Å². The molecule has 0 fully saturated rings. The van der Waals surface area contributed by atoms with Crippen LogP contribution in [0.1, 0.15) is 34.1 Å². The molecule has 3 nitrogen and oxygen atoms in total. The van der Waals surface area contributed by atoms with E-state index in [1.807, 2.05) is 20.8 Å². The lowest BCUT2D eigenvalue weighted by Crippen LogP contribution is -2.06. The molecule has 0 saturated carbocycles. The normalized spacial score (nSPS) is 12.5. The first kappa shape index (κ1) is 14.0. The third-order valence-corrected chi connectivity index (χ3v) is 3.95. The first-order valence-electron chi connectivity index (χ1n) is 6.08. The molecule has 1 aromatic carbocycles. The van der Waals surface area contributed by atoms with Gasteiger partial charge in [0.05, 0.1) is 5.69 Å². The molecule has 2 N–H and O–H groups in total. The molecule has 0 amide bonds. The van der Waals surface area contributed by atoms with E-state index in [9.17, 15) is 4.39 Å². The average molecular weight is 280 g/mol. The van der Waals surface area contributed by atoms with E-state index < -0.39 is 0 Å². The van der Waals surface area contributed by atoms with E-state index in [1.165, 1.54) is 6.07 Å². The third kappa shape index (κ3) is 3.30. The van der Waals surface area contributed by atoms with E-state index in [0.717, 1.165) is 21.1 Å². The zero-order chi connectivity index (χ0) is 14.0. The molecule has 0 aliphatic rings. The molecule has 1 unspecified atom stereocenters. The average Bonchev–Trinajstić information content (AvgIpc) is 2.67. The van der Waals surface area contributed by atoms with Gasteiger partial charge in [0.1, 0.15) is 11.6 Å². The minimum absolute atomic E-state index is 0.187. The minimum atomic E-state index is -0.389. The highest BCUT2D eigenvalue weighted by atomic mass is 32.1. The van der Waals surface area contributed by atoms with Crippen molar-refractivity contribution >= 4 is 11.3 Å². The summed E-state index contributed by atoms with van der Waals surface area (Å²) in [7, 11) is 0. The third-order valence-electron chi connectivity index (χ3n) is 2.91. The molecule has 19 heavy (non-hydrogen) atoms. The van der Waals surface area contributed by atoms with E-state index in [4.69, 9.17) is 10.5 Å². The minimum Gasteiger partial charge on any atom is -0.483 e. The first-order valence-corrected chi connectivity index (χ1v) is 6.89. The molecule has 0 radical (unpaired) electrons. The van der Waals surface area contributed by atoms with Crippen molar-refractivity contribution in [1.29, 1.82) is 0 Å². The number of hydrogen-bond acceptors (Lipinski definition) is 4. The Morgan fingerprint density at radius 2 is 2.16 bits per heavy atom. The number of aryl methyl sites for hydroxylation is 2. The quantitative estimate of drug-likeness (QED) is 0.932. The lowest BCUT2D eigenvalue weighted by molar-refractivity contribution is 0.289. The van der Waals surface area contributed by atoms with Gasteiger partial charge in [0.25, 0.3) is 0 Å². The SMILES string of the molecule is Cc1nc(COc2ccc(C(C)N)cc2F)sc1C.